The summed E-state index contributed by atoms with van der Waals surface area (Å²) < 4.78 is 31.6. The number of sulfonamides is 1. The summed E-state index contributed by atoms with van der Waals surface area (Å²) in [6, 6.07) is 9.93. The van der Waals surface area contributed by atoms with E-state index in [0.29, 0.717) is 6.54 Å². The Morgan fingerprint density at radius 2 is 1.78 bits per heavy atom. The molecule has 2 aromatic carbocycles. The molecule has 1 N–H and O–H groups in total. The van der Waals surface area contributed by atoms with Crippen molar-refractivity contribution < 1.29 is 27.7 Å². The Morgan fingerprint density at radius 1 is 1.14 bits per heavy atom. The third-order valence-electron chi connectivity index (χ3n) is 5.77. The maximum Gasteiger partial charge on any atom is 0.271 e. The minimum absolute atomic E-state index is 0.0389. The Bertz CT molecular complexity index is 1250. The lowest BCUT2D eigenvalue weighted by atomic mass is 10.1. The first-order valence-corrected chi connectivity index (χ1v) is 13.5. The molecule has 202 valence electrons. The Labute approximate surface area is 217 Å². The van der Waals surface area contributed by atoms with E-state index in [9.17, 15) is 28.1 Å². The van der Waals surface area contributed by atoms with E-state index in [1.807, 2.05) is 45.0 Å². The maximum absolute atomic E-state index is 13.7. The number of anilines is 1. The highest BCUT2D eigenvalue weighted by Gasteiger charge is 2.32. The predicted octanol–water partition coefficient (Wildman–Crippen LogP) is 2.87. The van der Waals surface area contributed by atoms with E-state index in [4.69, 9.17) is 4.74 Å². The molecule has 0 fully saturated rings. The number of rotatable bonds is 12. The number of nitrogens with zero attached hydrogens (tertiary/aromatic N) is 3. The molecule has 0 unspecified atom stereocenters. The monoisotopic (exact) mass is 534 g/mol. The predicted molar refractivity (Wildman–Crippen MR) is 141 cm³/mol. The Morgan fingerprint density at radius 3 is 2.32 bits per heavy atom. The summed E-state index contributed by atoms with van der Waals surface area (Å²) in [5.41, 5.74) is 1.17. The summed E-state index contributed by atoms with van der Waals surface area (Å²) in [5, 5.41) is 14.2. The van der Waals surface area contributed by atoms with Gasteiger partial charge >= 0.3 is 0 Å². The molecule has 37 heavy (non-hydrogen) atoms. The molecule has 0 aliphatic carbocycles. The summed E-state index contributed by atoms with van der Waals surface area (Å²) in [7, 11) is -2.80. The number of non-ortho nitro benzene ring substituents is 1. The van der Waals surface area contributed by atoms with Crippen molar-refractivity contribution in [1.29, 1.82) is 0 Å². The number of aryl methyl sites for hydroxylation is 1. The first-order valence-electron chi connectivity index (χ1n) is 11.7. The van der Waals surface area contributed by atoms with Gasteiger partial charge in [0.25, 0.3) is 5.69 Å². The molecule has 0 spiro atoms. The molecule has 11 nitrogen and oxygen atoms in total. The van der Waals surface area contributed by atoms with E-state index in [2.05, 4.69) is 5.32 Å². The lowest BCUT2D eigenvalue weighted by molar-refractivity contribution is -0.384. The third-order valence-corrected chi connectivity index (χ3v) is 6.90. The van der Waals surface area contributed by atoms with Gasteiger partial charge < -0.3 is 15.0 Å². The molecule has 0 aliphatic rings. The molecular weight excluding hydrogens is 500 g/mol. The molecule has 0 saturated heterocycles. The van der Waals surface area contributed by atoms with Crippen LogP contribution in [-0.2, 0) is 26.2 Å². The van der Waals surface area contributed by atoms with Crippen LogP contribution in [0.2, 0.25) is 0 Å². The van der Waals surface area contributed by atoms with Gasteiger partial charge in [-0.1, -0.05) is 38.1 Å². The zero-order chi connectivity index (χ0) is 27.9. The molecular formula is C25H34N4O7S. The summed E-state index contributed by atoms with van der Waals surface area (Å²) >= 11 is 0. The number of nitrogens with one attached hydrogen (secondary N) is 1. The van der Waals surface area contributed by atoms with Gasteiger partial charge in [-0.3, -0.25) is 24.0 Å². The van der Waals surface area contributed by atoms with Gasteiger partial charge in [0.2, 0.25) is 21.8 Å². The summed E-state index contributed by atoms with van der Waals surface area (Å²) in [6.07, 6.45) is 0.892. The summed E-state index contributed by atoms with van der Waals surface area (Å²) in [5.74, 6) is -0.806. The van der Waals surface area contributed by atoms with Gasteiger partial charge in [-0.15, -0.1) is 0 Å². The van der Waals surface area contributed by atoms with Crippen LogP contribution in [0.25, 0.3) is 0 Å². The van der Waals surface area contributed by atoms with Crippen molar-refractivity contribution >= 4 is 33.2 Å². The Hall–Kier alpha value is -3.67. The van der Waals surface area contributed by atoms with Gasteiger partial charge in [-0.05, 0) is 37.0 Å². The maximum atomic E-state index is 13.7. The summed E-state index contributed by atoms with van der Waals surface area (Å²) in [6.45, 7) is 7.11. The second-order valence-electron chi connectivity index (χ2n) is 9.15. The lowest BCUT2D eigenvalue weighted by Gasteiger charge is -2.32. The number of hydrogen-bond donors (Lipinski definition) is 1. The van der Waals surface area contributed by atoms with Crippen LogP contribution in [0.5, 0.6) is 5.75 Å². The van der Waals surface area contributed by atoms with Crippen molar-refractivity contribution in [2.45, 2.75) is 40.3 Å². The lowest BCUT2D eigenvalue weighted by Crippen LogP contribution is -2.51. The van der Waals surface area contributed by atoms with Crippen molar-refractivity contribution in [3.63, 3.8) is 0 Å². The molecule has 1 atom stereocenters. The highest BCUT2D eigenvalue weighted by Crippen LogP contribution is 2.34. The number of carbonyl (C=O) groups is 2. The van der Waals surface area contributed by atoms with E-state index < -0.39 is 33.4 Å². The van der Waals surface area contributed by atoms with Crippen LogP contribution < -0.4 is 14.4 Å². The topological polar surface area (TPSA) is 139 Å². The second-order valence-corrected chi connectivity index (χ2v) is 11.1. The van der Waals surface area contributed by atoms with Crippen molar-refractivity contribution in [2.24, 2.45) is 5.92 Å². The van der Waals surface area contributed by atoms with Gasteiger partial charge in [-0.2, -0.15) is 0 Å². The standard InChI is InChI=1S/C25H34N4O7S/c1-17(2)14-26-25(31)19(4)27(15-20-10-8-7-9-18(20)3)24(30)16-28(37(6,34)35)22-13-21(29(32)33)11-12-23(22)36-5/h7-13,17,19H,14-16H2,1-6H3,(H,26,31)/t19-/m1/s1. The number of carbonyl (C=O) groups excluding carboxylic acids is 2. The smallest absolute Gasteiger partial charge is 0.271 e. The average Bonchev–Trinajstić information content (AvgIpc) is 2.83. The van der Waals surface area contributed by atoms with Crippen LogP contribution in [-0.4, -0.2) is 62.6 Å². The number of methoxy groups -OCH3 is 1. The van der Waals surface area contributed by atoms with Crippen LogP contribution in [0.4, 0.5) is 11.4 Å². The quantitative estimate of drug-likeness (QED) is 0.326. The van der Waals surface area contributed by atoms with E-state index in [-0.39, 0.29) is 35.5 Å². The fourth-order valence-corrected chi connectivity index (χ4v) is 4.43. The first kappa shape index (κ1) is 29.6. The molecule has 0 aromatic heterocycles. The number of amides is 2. The fourth-order valence-electron chi connectivity index (χ4n) is 3.59. The second kappa shape index (κ2) is 12.5. The highest BCUT2D eigenvalue weighted by molar-refractivity contribution is 7.92. The number of hydrogen-bond acceptors (Lipinski definition) is 7. The van der Waals surface area contributed by atoms with Crippen LogP contribution >= 0.6 is 0 Å². The van der Waals surface area contributed by atoms with Crippen molar-refractivity contribution in [1.82, 2.24) is 10.2 Å². The number of ether oxygens (including phenoxy) is 1. The van der Waals surface area contributed by atoms with Crippen molar-refractivity contribution in [3.8, 4) is 5.75 Å². The van der Waals surface area contributed by atoms with Crippen LogP contribution in [0.3, 0.4) is 0 Å². The fraction of sp³-hybridized carbons (Fsp3) is 0.440. The van der Waals surface area contributed by atoms with Gasteiger partial charge in [-0.25, -0.2) is 8.42 Å². The molecule has 0 heterocycles. The average molecular weight is 535 g/mol. The Kier molecular flexibility index (Phi) is 10.0. The van der Waals surface area contributed by atoms with Crippen LogP contribution in [0, 0.1) is 23.0 Å². The largest absolute Gasteiger partial charge is 0.495 e. The minimum Gasteiger partial charge on any atom is -0.495 e. The van der Waals surface area contributed by atoms with Gasteiger partial charge in [0, 0.05) is 25.2 Å². The van der Waals surface area contributed by atoms with Gasteiger partial charge in [0.15, 0.2) is 0 Å². The normalized spacial score (nSPS) is 12.1. The molecule has 2 aromatic rings. The van der Waals surface area contributed by atoms with Gasteiger partial charge in [0.05, 0.1) is 18.3 Å². The van der Waals surface area contributed by atoms with Crippen molar-refractivity contribution in [2.75, 3.05) is 30.8 Å². The van der Waals surface area contributed by atoms with E-state index in [1.54, 1.807) is 6.92 Å². The third kappa shape index (κ3) is 7.91. The highest BCUT2D eigenvalue weighted by atomic mass is 32.2. The molecule has 0 aliphatic heterocycles. The zero-order valence-electron chi connectivity index (χ0n) is 21.9. The molecule has 0 saturated carbocycles. The van der Waals surface area contributed by atoms with E-state index in [0.717, 1.165) is 27.8 Å². The van der Waals surface area contributed by atoms with Gasteiger partial charge in [0.1, 0.15) is 24.0 Å². The molecule has 0 bridgehead atoms. The minimum atomic E-state index is -4.09. The molecule has 12 heteroatoms. The number of nitro benzene ring substituents is 1. The number of nitro groups is 1. The van der Waals surface area contributed by atoms with Crippen LogP contribution in [0.1, 0.15) is 31.9 Å². The zero-order valence-corrected chi connectivity index (χ0v) is 22.7. The van der Waals surface area contributed by atoms with Crippen LogP contribution in [0.15, 0.2) is 42.5 Å². The summed E-state index contributed by atoms with van der Waals surface area (Å²) in [4.78, 5) is 38.5. The van der Waals surface area contributed by atoms with E-state index in [1.165, 1.54) is 24.1 Å². The Balaban J connectivity index is 2.51. The van der Waals surface area contributed by atoms with E-state index >= 15 is 0 Å². The first-order chi connectivity index (χ1) is 17.3. The molecule has 0 radical (unpaired) electrons. The molecule has 2 amide bonds. The molecule has 2 rings (SSSR count). The SMILES string of the molecule is COc1ccc([N+](=O)[O-])cc1N(CC(=O)N(Cc1ccccc1C)[C@H](C)C(=O)NCC(C)C)S(C)(=O)=O. The van der Waals surface area contributed by atoms with Crippen molar-refractivity contribution in [3.05, 3.63) is 63.7 Å². The number of benzene rings is 2.